The lowest BCUT2D eigenvalue weighted by atomic mass is 9.94. The third kappa shape index (κ3) is 3.19. The number of nitrogens with one attached hydrogen (secondary N) is 1. The highest BCUT2D eigenvalue weighted by atomic mass is 32.1. The minimum atomic E-state index is -0.686. The Morgan fingerprint density at radius 2 is 2.27 bits per heavy atom. The summed E-state index contributed by atoms with van der Waals surface area (Å²) in [6.45, 7) is 1.96. The monoisotopic (exact) mass is 321 g/mol. The van der Waals surface area contributed by atoms with Gasteiger partial charge in [0.25, 0.3) is 5.91 Å². The number of nitrogens with zero attached hydrogens (tertiary/aromatic N) is 2. The highest BCUT2D eigenvalue weighted by Gasteiger charge is 2.32. The molecule has 0 aromatic carbocycles. The van der Waals surface area contributed by atoms with Gasteiger partial charge in [0.15, 0.2) is 0 Å². The zero-order valence-electron chi connectivity index (χ0n) is 13.1. The normalized spacial score (nSPS) is 23.2. The molecule has 3 rings (SSSR count). The maximum atomic E-state index is 12.7. The molecule has 1 saturated heterocycles. The summed E-state index contributed by atoms with van der Waals surface area (Å²) in [5.41, 5.74) is 0.987. The summed E-state index contributed by atoms with van der Waals surface area (Å²) < 4.78 is 1.11. The Bertz CT molecular complexity index is 635. The Balaban J connectivity index is 1.70. The molecule has 1 aliphatic heterocycles. The van der Waals surface area contributed by atoms with Gasteiger partial charge in [-0.15, -0.1) is 11.3 Å². The van der Waals surface area contributed by atoms with E-state index in [0.717, 1.165) is 23.1 Å². The number of H-pyrrole nitrogens is 1. The number of carbonyl (C=O) groups is 1. The second-order valence-electron chi connectivity index (χ2n) is 6.49. The smallest absolute Gasteiger partial charge is 0.270 e. The second kappa shape index (κ2) is 6.02. The Morgan fingerprint density at radius 3 is 3.00 bits per heavy atom. The number of aromatic nitrogens is 1. The van der Waals surface area contributed by atoms with E-state index >= 15 is 0 Å². The van der Waals surface area contributed by atoms with Gasteiger partial charge in [0, 0.05) is 19.6 Å². The molecule has 0 spiro atoms. The molecule has 1 fully saturated rings. The number of fused-ring (bicyclic) bond motifs is 1. The van der Waals surface area contributed by atoms with Crippen LogP contribution in [0.1, 0.15) is 29.8 Å². The molecule has 1 unspecified atom stereocenters. The number of thiophene rings is 1. The van der Waals surface area contributed by atoms with Gasteiger partial charge in [-0.05, 0) is 50.9 Å². The van der Waals surface area contributed by atoms with Gasteiger partial charge >= 0.3 is 0 Å². The summed E-state index contributed by atoms with van der Waals surface area (Å²) in [5.74, 6) is 0.0394. The molecule has 0 saturated carbocycles. The Labute approximate surface area is 134 Å². The zero-order chi connectivity index (χ0) is 15.7. The molecule has 0 radical (unpaired) electrons. The van der Waals surface area contributed by atoms with Crippen LogP contribution in [0.4, 0.5) is 0 Å². The summed E-state index contributed by atoms with van der Waals surface area (Å²) in [5, 5.41) is 12.7. The van der Waals surface area contributed by atoms with E-state index in [4.69, 9.17) is 0 Å². The van der Waals surface area contributed by atoms with Gasteiger partial charge < -0.3 is 19.9 Å². The van der Waals surface area contributed by atoms with Crippen molar-refractivity contribution >= 4 is 27.5 Å². The van der Waals surface area contributed by atoms with Crippen LogP contribution in [0.2, 0.25) is 0 Å². The molecule has 2 N–H and O–H groups in total. The van der Waals surface area contributed by atoms with Gasteiger partial charge in [0.1, 0.15) is 5.69 Å². The van der Waals surface area contributed by atoms with Crippen LogP contribution in [0.5, 0.6) is 0 Å². The first-order valence-electron chi connectivity index (χ1n) is 7.69. The average molecular weight is 321 g/mol. The predicted octanol–water partition coefficient (Wildman–Crippen LogP) is 2.15. The molecule has 2 aromatic heterocycles. The molecule has 6 heteroatoms. The number of carbonyl (C=O) groups excluding carboxylic acids is 1. The summed E-state index contributed by atoms with van der Waals surface area (Å²) in [7, 11) is 3.94. The number of hydrogen-bond acceptors (Lipinski definition) is 4. The van der Waals surface area contributed by atoms with Crippen LogP contribution in [-0.4, -0.2) is 65.1 Å². The standard InChI is InChI=1S/C16H23N3O2S/c1-18(2)11-16(21)5-3-7-19(8-6-16)15(20)13-10-14-12(17-13)4-9-22-14/h4,9-10,17,21H,3,5-8,11H2,1-2H3. The number of amides is 1. The van der Waals surface area contributed by atoms with Crippen molar-refractivity contribution in [2.75, 3.05) is 33.7 Å². The van der Waals surface area contributed by atoms with E-state index in [-0.39, 0.29) is 5.91 Å². The molecular formula is C16H23N3O2S. The Hall–Kier alpha value is -1.37. The first kappa shape index (κ1) is 15.5. The number of aliphatic hydroxyl groups is 1. The van der Waals surface area contributed by atoms with E-state index in [2.05, 4.69) is 4.98 Å². The van der Waals surface area contributed by atoms with Crippen LogP contribution >= 0.6 is 11.3 Å². The molecule has 5 nitrogen and oxygen atoms in total. The Kier molecular flexibility index (Phi) is 4.25. The van der Waals surface area contributed by atoms with Gasteiger partial charge in [0.2, 0.25) is 0 Å². The molecule has 1 atom stereocenters. The fraction of sp³-hybridized carbons (Fsp3) is 0.562. The molecule has 1 aliphatic rings. The lowest BCUT2D eigenvalue weighted by molar-refractivity contribution is 0.00303. The third-order valence-corrected chi connectivity index (χ3v) is 5.15. The van der Waals surface area contributed by atoms with Crippen molar-refractivity contribution in [1.82, 2.24) is 14.8 Å². The quantitative estimate of drug-likeness (QED) is 0.911. The minimum absolute atomic E-state index is 0.0394. The van der Waals surface area contributed by atoms with E-state index in [1.54, 1.807) is 11.3 Å². The lowest BCUT2D eigenvalue weighted by Crippen LogP contribution is -2.41. The van der Waals surface area contributed by atoms with E-state index in [9.17, 15) is 9.90 Å². The zero-order valence-corrected chi connectivity index (χ0v) is 13.9. The van der Waals surface area contributed by atoms with Crippen molar-refractivity contribution in [3.8, 4) is 0 Å². The van der Waals surface area contributed by atoms with Crippen LogP contribution in [0.15, 0.2) is 17.5 Å². The molecule has 0 aliphatic carbocycles. The molecule has 120 valence electrons. The first-order valence-corrected chi connectivity index (χ1v) is 8.57. The number of likely N-dealkylation sites (N-methyl/N-ethyl adjacent to an activating group) is 1. The van der Waals surface area contributed by atoms with Gasteiger partial charge in [-0.3, -0.25) is 4.79 Å². The van der Waals surface area contributed by atoms with Gasteiger partial charge in [-0.1, -0.05) is 0 Å². The highest BCUT2D eigenvalue weighted by Crippen LogP contribution is 2.26. The van der Waals surface area contributed by atoms with Crippen LogP contribution < -0.4 is 0 Å². The van der Waals surface area contributed by atoms with Gasteiger partial charge in [-0.25, -0.2) is 0 Å². The largest absolute Gasteiger partial charge is 0.388 e. The molecule has 1 amide bonds. The third-order valence-electron chi connectivity index (χ3n) is 4.29. The summed E-state index contributed by atoms with van der Waals surface area (Å²) >= 11 is 1.64. The predicted molar refractivity (Wildman–Crippen MR) is 89.4 cm³/mol. The molecular weight excluding hydrogens is 298 g/mol. The number of hydrogen-bond donors (Lipinski definition) is 2. The molecule has 22 heavy (non-hydrogen) atoms. The maximum Gasteiger partial charge on any atom is 0.270 e. The van der Waals surface area contributed by atoms with Crippen LogP contribution in [0.3, 0.4) is 0 Å². The van der Waals surface area contributed by atoms with Crippen LogP contribution in [-0.2, 0) is 0 Å². The lowest BCUT2D eigenvalue weighted by Gasteiger charge is -2.29. The number of aromatic amines is 1. The maximum absolute atomic E-state index is 12.7. The molecule has 0 bridgehead atoms. The van der Waals surface area contributed by atoms with E-state index in [1.165, 1.54) is 0 Å². The minimum Gasteiger partial charge on any atom is -0.388 e. The topological polar surface area (TPSA) is 59.6 Å². The van der Waals surface area contributed by atoms with Gasteiger partial charge in [0.05, 0.1) is 15.8 Å². The van der Waals surface area contributed by atoms with Crippen LogP contribution in [0.25, 0.3) is 10.2 Å². The van der Waals surface area contributed by atoms with Crippen molar-refractivity contribution in [1.29, 1.82) is 0 Å². The molecule has 2 aromatic rings. The first-order chi connectivity index (χ1) is 10.5. The fourth-order valence-corrected chi connectivity index (χ4v) is 4.05. The highest BCUT2D eigenvalue weighted by molar-refractivity contribution is 7.17. The van der Waals surface area contributed by atoms with Crippen molar-refractivity contribution in [2.45, 2.75) is 24.9 Å². The van der Waals surface area contributed by atoms with Crippen molar-refractivity contribution in [3.05, 3.63) is 23.2 Å². The second-order valence-corrected chi connectivity index (χ2v) is 7.44. The number of rotatable bonds is 3. The molecule has 3 heterocycles. The van der Waals surface area contributed by atoms with Crippen molar-refractivity contribution < 1.29 is 9.90 Å². The van der Waals surface area contributed by atoms with Crippen molar-refractivity contribution in [3.63, 3.8) is 0 Å². The Morgan fingerprint density at radius 1 is 1.45 bits per heavy atom. The van der Waals surface area contributed by atoms with E-state index in [1.807, 2.05) is 41.4 Å². The van der Waals surface area contributed by atoms with E-state index in [0.29, 0.717) is 31.7 Å². The van der Waals surface area contributed by atoms with Gasteiger partial charge in [-0.2, -0.15) is 0 Å². The van der Waals surface area contributed by atoms with Crippen LogP contribution in [0, 0.1) is 0 Å². The fourth-order valence-electron chi connectivity index (χ4n) is 3.26. The summed E-state index contributed by atoms with van der Waals surface area (Å²) in [6, 6.07) is 3.92. The SMILES string of the molecule is CN(C)CC1(O)CCCN(C(=O)c2cc3sccc3[nH]2)CC1. The average Bonchev–Trinajstić information content (AvgIpc) is 2.97. The summed E-state index contributed by atoms with van der Waals surface area (Å²) in [6.07, 6.45) is 2.21. The summed E-state index contributed by atoms with van der Waals surface area (Å²) in [4.78, 5) is 19.7. The van der Waals surface area contributed by atoms with E-state index < -0.39 is 5.60 Å². The van der Waals surface area contributed by atoms with Crippen molar-refractivity contribution in [2.24, 2.45) is 0 Å². The number of likely N-dealkylation sites (tertiary alicyclic amines) is 1.